The second-order valence-electron chi connectivity index (χ2n) is 15.0. The standard InChI is InChI=1S/C41H37NO2Si/c1-40(2)31-13-10-14-32-37(31)42(36-18-16-27(45(5,6)7)23-34(36)41(32,3)4)35-17-15-24(20-33(35)40)19-30-38(43)28-21-25-11-8-9-12-26(25)22-29(28)39(30)44/h8-23H,1-7H3. The lowest BCUT2D eigenvalue weighted by Gasteiger charge is -2.49. The minimum Gasteiger partial charge on any atom is -0.309 e. The number of nitrogens with zero attached hydrogens (tertiary/aromatic N) is 1. The second-order valence-corrected chi connectivity index (χ2v) is 20.1. The van der Waals surface area contributed by atoms with Gasteiger partial charge in [0, 0.05) is 22.0 Å². The molecule has 2 heterocycles. The number of anilines is 3. The highest BCUT2D eigenvalue weighted by atomic mass is 28.3. The predicted molar refractivity (Wildman–Crippen MR) is 189 cm³/mol. The van der Waals surface area contributed by atoms with Gasteiger partial charge in [-0.25, -0.2) is 0 Å². The van der Waals surface area contributed by atoms with Crippen molar-refractivity contribution in [2.24, 2.45) is 0 Å². The Bertz CT molecular complexity index is 2140. The van der Waals surface area contributed by atoms with Crippen LogP contribution in [0.1, 0.15) is 76.2 Å². The van der Waals surface area contributed by atoms with Crippen LogP contribution in [0.4, 0.5) is 17.1 Å². The van der Waals surface area contributed by atoms with Crippen LogP contribution >= 0.6 is 0 Å². The first kappa shape index (κ1) is 28.0. The molecular weight excluding hydrogens is 567 g/mol. The quantitative estimate of drug-likeness (QED) is 0.115. The molecule has 0 saturated heterocycles. The van der Waals surface area contributed by atoms with Gasteiger partial charge in [-0.15, -0.1) is 0 Å². The number of benzene rings is 5. The van der Waals surface area contributed by atoms with Gasteiger partial charge in [0.25, 0.3) is 0 Å². The van der Waals surface area contributed by atoms with E-state index < -0.39 is 8.07 Å². The van der Waals surface area contributed by atoms with E-state index in [-0.39, 0.29) is 28.0 Å². The SMILES string of the molecule is CC1(C)c2cc(C=C3C(=O)c4cc5ccccc5cc4C3=O)ccc2N2c3ccc([Si](C)(C)C)cc3C(C)(C)c3cccc1c32. The summed E-state index contributed by atoms with van der Waals surface area (Å²) in [6, 6.07) is 31.9. The van der Waals surface area contributed by atoms with E-state index in [1.165, 1.54) is 38.8 Å². The number of rotatable bonds is 2. The number of carbonyl (C=O) groups excluding carboxylic acids is 2. The van der Waals surface area contributed by atoms with Crippen LogP contribution in [0.2, 0.25) is 19.6 Å². The molecule has 4 heteroatoms. The van der Waals surface area contributed by atoms with E-state index in [0.717, 1.165) is 22.0 Å². The lowest BCUT2D eigenvalue weighted by atomic mass is 9.66. The maximum atomic E-state index is 13.6. The van der Waals surface area contributed by atoms with Crippen molar-refractivity contribution in [3.8, 4) is 0 Å². The van der Waals surface area contributed by atoms with E-state index in [0.29, 0.717) is 11.1 Å². The molecule has 0 atom stereocenters. The van der Waals surface area contributed by atoms with Gasteiger partial charge in [-0.2, -0.15) is 0 Å². The van der Waals surface area contributed by atoms with Crippen LogP contribution in [0.15, 0.2) is 96.6 Å². The molecule has 0 saturated carbocycles. The largest absolute Gasteiger partial charge is 0.309 e. The van der Waals surface area contributed by atoms with E-state index >= 15 is 0 Å². The molecule has 45 heavy (non-hydrogen) atoms. The van der Waals surface area contributed by atoms with Crippen molar-refractivity contribution in [3.05, 3.63) is 136 Å². The molecular formula is C41H37NO2Si. The molecule has 0 fully saturated rings. The predicted octanol–water partition coefficient (Wildman–Crippen LogP) is 9.60. The normalized spacial score (nSPS) is 17.1. The van der Waals surface area contributed by atoms with Crippen molar-refractivity contribution in [3.63, 3.8) is 0 Å². The van der Waals surface area contributed by atoms with Gasteiger partial charge in [0.05, 0.1) is 30.7 Å². The molecule has 8 rings (SSSR count). The first-order valence-corrected chi connectivity index (χ1v) is 19.4. The fraction of sp³-hybridized carbons (Fsp3) is 0.220. The van der Waals surface area contributed by atoms with Gasteiger partial charge in [-0.3, -0.25) is 9.59 Å². The van der Waals surface area contributed by atoms with Gasteiger partial charge in [0.1, 0.15) is 0 Å². The molecule has 1 aliphatic carbocycles. The fourth-order valence-corrected chi connectivity index (χ4v) is 8.96. The van der Waals surface area contributed by atoms with Crippen molar-refractivity contribution < 1.29 is 9.59 Å². The Morgan fingerprint density at radius 2 is 1.13 bits per heavy atom. The number of allylic oxidation sites excluding steroid dienone is 1. The summed E-state index contributed by atoms with van der Waals surface area (Å²) in [6.45, 7) is 16.5. The lowest BCUT2D eigenvalue weighted by molar-refractivity contribution is 0.0990. The summed E-state index contributed by atoms with van der Waals surface area (Å²) < 4.78 is 0. The molecule has 222 valence electrons. The molecule has 0 N–H and O–H groups in total. The topological polar surface area (TPSA) is 37.4 Å². The van der Waals surface area contributed by atoms with E-state index in [1.54, 1.807) is 6.08 Å². The highest BCUT2D eigenvalue weighted by molar-refractivity contribution is 6.88. The Morgan fingerprint density at radius 1 is 0.600 bits per heavy atom. The number of hydrogen-bond donors (Lipinski definition) is 0. The maximum Gasteiger partial charge on any atom is 0.197 e. The lowest BCUT2D eigenvalue weighted by Crippen LogP contribution is -2.42. The average molecular weight is 604 g/mol. The van der Waals surface area contributed by atoms with Crippen molar-refractivity contribution in [1.82, 2.24) is 0 Å². The number of hydrogen-bond acceptors (Lipinski definition) is 3. The number of fused-ring (bicyclic) bond motifs is 6. The zero-order valence-corrected chi connectivity index (χ0v) is 28.0. The van der Waals surface area contributed by atoms with Gasteiger partial charge in [-0.05, 0) is 75.0 Å². The summed E-state index contributed by atoms with van der Waals surface area (Å²) in [5, 5.41) is 3.40. The molecule has 0 bridgehead atoms. The van der Waals surface area contributed by atoms with Crippen LogP contribution in [-0.2, 0) is 10.8 Å². The van der Waals surface area contributed by atoms with Crippen LogP contribution in [0.25, 0.3) is 16.8 Å². The Kier molecular flexibility index (Phi) is 5.60. The Labute approximate surface area is 266 Å². The highest BCUT2D eigenvalue weighted by Crippen LogP contribution is 2.59. The Hall–Kier alpha value is -4.54. The molecule has 5 aromatic rings. The van der Waals surface area contributed by atoms with Crippen molar-refractivity contribution in [2.75, 3.05) is 4.90 Å². The third-order valence-electron chi connectivity index (χ3n) is 10.5. The molecule has 0 unspecified atom stereocenters. The number of para-hydroxylation sites is 1. The highest BCUT2D eigenvalue weighted by Gasteiger charge is 2.45. The molecule has 0 radical (unpaired) electrons. The summed E-state index contributed by atoms with van der Waals surface area (Å²) in [7, 11) is -1.53. The van der Waals surface area contributed by atoms with E-state index in [1.807, 2.05) is 36.4 Å². The van der Waals surface area contributed by atoms with Crippen LogP contribution < -0.4 is 10.1 Å². The smallest absolute Gasteiger partial charge is 0.197 e. The fourth-order valence-electron chi connectivity index (χ4n) is 7.80. The summed E-state index contributed by atoms with van der Waals surface area (Å²) in [5.41, 5.74) is 10.5. The molecule has 5 aromatic carbocycles. The average Bonchev–Trinajstić information content (AvgIpc) is 3.23. The van der Waals surface area contributed by atoms with Crippen molar-refractivity contribution in [1.29, 1.82) is 0 Å². The second kappa shape index (κ2) is 9.01. The number of carbonyl (C=O) groups is 2. The monoisotopic (exact) mass is 603 g/mol. The van der Waals surface area contributed by atoms with Crippen LogP contribution in [-0.4, -0.2) is 19.6 Å². The van der Waals surface area contributed by atoms with E-state index in [2.05, 4.69) is 107 Å². The van der Waals surface area contributed by atoms with Crippen LogP contribution in [0.5, 0.6) is 0 Å². The number of ketones is 2. The van der Waals surface area contributed by atoms with Gasteiger partial charge in [0.15, 0.2) is 11.6 Å². The first-order valence-electron chi connectivity index (χ1n) is 15.9. The van der Waals surface area contributed by atoms with Gasteiger partial charge in [0.2, 0.25) is 0 Å². The summed E-state index contributed by atoms with van der Waals surface area (Å²) >= 11 is 0. The molecule has 3 aliphatic rings. The minimum atomic E-state index is -1.53. The third kappa shape index (κ3) is 3.82. The first-order chi connectivity index (χ1) is 21.3. The molecule has 2 aliphatic heterocycles. The van der Waals surface area contributed by atoms with Gasteiger partial charge >= 0.3 is 0 Å². The van der Waals surface area contributed by atoms with Crippen molar-refractivity contribution >= 4 is 58.7 Å². The minimum absolute atomic E-state index is 0.145. The molecule has 0 amide bonds. The zero-order chi connectivity index (χ0) is 31.6. The van der Waals surface area contributed by atoms with E-state index in [9.17, 15) is 9.59 Å². The van der Waals surface area contributed by atoms with Gasteiger partial charge < -0.3 is 4.90 Å². The van der Waals surface area contributed by atoms with Crippen LogP contribution in [0, 0.1) is 0 Å². The molecule has 0 spiro atoms. The van der Waals surface area contributed by atoms with Crippen molar-refractivity contribution in [2.45, 2.75) is 58.2 Å². The third-order valence-corrected chi connectivity index (χ3v) is 12.5. The Morgan fingerprint density at radius 3 is 1.69 bits per heavy atom. The van der Waals surface area contributed by atoms with E-state index in [4.69, 9.17) is 0 Å². The van der Waals surface area contributed by atoms with Crippen LogP contribution in [0.3, 0.4) is 0 Å². The van der Waals surface area contributed by atoms with Gasteiger partial charge in [-0.1, -0.05) is 113 Å². The summed E-state index contributed by atoms with van der Waals surface area (Å²) in [5.74, 6) is -0.392. The molecule has 0 aromatic heterocycles. The maximum absolute atomic E-state index is 13.6. The summed E-state index contributed by atoms with van der Waals surface area (Å²) in [6.07, 6.45) is 1.80. The zero-order valence-electron chi connectivity index (χ0n) is 27.0. The number of Topliss-reactive ketones (excluding diaryl/α,β-unsaturated/α-hetero) is 2. The summed E-state index contributed by atoms with van der Waals surface area (Å²) in [4.78, 5) is 29.6. The molecule has 3 nitrogen and oxygen atoms in total. The Balaban J connectivity index is 1.30.